The number of hydrogen-bond acceptors (Lipinski definition) is 9. The number of carbonyl (C=O) groups excluding carboxylic acids is 4. The molecule has 1 spiro atoms. The minimum atomic E-state index is -1.30. The molecule has 0 N–H and O–H groups in total. The molecule has 2 aromatic carbocycles. The summed E-state index contributed by atoms with van der Waals surface area (Å²) in [6.07, 6.45) is -2.19. The van der Waals surface area contributed by atoms with Crippen LogP contribution in [0.25, 0.3) is 0 Å². The van der Waals surface area contributed by atoms with Crippen LogP contribution >= 0.6 is 0 Å². The summed E-state index contributed by atoms with van der Waals surface area (Å²) >= 11 is 0. The highest BCUT2D eigenvalue weighted by molar-refractivity contribution is 5.90. The Labute approximate surface area is 258 Å². The zero-order chi connectivity index (χ0) is 31.9. The van der Waals surface area contributed by atoms with E-state index >= 15 is 0 Å². The molecule has 0 amide bonds. The van der Waals surface area contributed by atoms with Gasteiger partial charge in [0.15, 0.2) is 6.10 Å². The molecule has 0 aromatic heterocycles. The average molecular weight is 607 g/mol. The van der Waals surface area contributed by atoms with Gasteiger partial charge in [0.2, 0.25) is 0 Å². The van der Waals surface area contributed by atoms with Gasteiger partial charge in [-0.25, -0.2) is 9.59 Å². The fourth-order valence-electron chi connectivity index (χ4n) is 7.98. The SMILES string of the molecule is CCCC(=O)OC1C2C(OC(C)=O)C3(OC2(C)C)C(C)CCC(OC(=O)c2ccccc2)C3(C)C1OC(=O)c1ccccc1. The van der Waals surface area contributed by atoms with Crippen LogP contribution in [-0.2, 0) is 33.3 Å². The molecule has 1 saturated heterocycles. The zero-order valence-corrected chi connectivity index (χ0v) is 26.2. The van der Waals surface area contributed by atoms with Crippen molar-refractivity contribution in [3.05, 3.63) is 71.8 Å². The number of carbonyl (C=O) groups is 4. The summed E-state index contributed by atoms with van der Waals surface area (Å²) in [5, 5.41) is 0. The Morgan fingerprint density at radius 2 is 1.36 bits per heavy atom. The van der Waals surface area contributed by atoms with E-state index < -0.39 is 70.8 Å². The van der Waals surface area contributed by atoms with Gasteiger partial charge in [0.25, 0.3) is 0 Å². The van der Waals surface area contributed by atoms with Crippen molar-refractivity contribution >= 4 is 23.9 Å². The first-order chi connectivity index (χ1) is 20.9. The van der Waals surface area contributed by atoms with Gasteiger partial charge in [-0.1, -0.05) is 50.2 Å². The van der Waals surface area contributed by atoms with E-state index in [9.17, 15) is 19.2 Å². The third kappa shape index (κ3) is 5.19. The molecule has 44 heavy (non-hydrogen) atoms. The predicted molar refractivity (Wildman–Crippen MR) is 160 cm³/mol. The normalized spacial score (nSPS) is 33.4. The van der Waals surface area contributed by atoms with E-state index in [-0.39, 0.29) is 12.3 Å². The van der Waals surface area contributed by atoms with E-state index in [0.717, 1.165) is 0 Å². The summed E-state index contributed by atoms with van der Waals surface area (Å²) in [5.74, 6) is -3.04. The molecule has 1 heterocycles. The third-order valence-electron chi connectivity index (χ3n) is 9.85. The first-order valence-electron chi connectivity index (χ1n) is 15.5. The molecule has 3 aliphatic rings. The van der Waals surface area contributed by atoms with Crippen LogP contribution in [0.1, 0.15) is 87.9 Å². The summed E-state index contributed by atoms with van der Waals surface area (Å²) < 4.78 is 32.1. The van der Waals surface area contributed by atoms with E-state index in [0.29, 0.717) is 30.4 Å². The molecular formula is C35H42O9. The number of benzene rings is 2. The lowest BCUT2D eigenvalue weighted by molar-refractivity contribution is -0.296. The van der Waals surface area contributed by atoms with Crippen molar-refractivity contribution in [3.8, 4) is 0 Å². The fraction of sp³-hybridized carbons (Fsp3) is 0.543. The molecule has 2 aromatic rings. The van der Waals surface area contributed by atoms with Crippen molar-refractivity contribution in [2.24, 2.45) is 17.3 Å². The largest absolute Gasteiger partial charge is 0.459 e. The van der Waals surface area contributed by atoms with Gasteiger partial charge in [-0.2, -0.15) is 0 Å². The van der Waals surface area contributed by atoms with E-state index in [1.54, 1.807) is 54.6 Å². The minimum absolute atomic E-state index is 0.146. The molecule has 236 valence electrons. The fourth-order valence-corrected chi connectivity index (χ4v) is 7.98. The van der Waals surface area contributed by atoms with Crippen LogP contribution in [0.15, 0.2) is 60.7 Å². The van der Waals surface area contributed by atoms with Gasteiger partial charge in [0.05, 0.1) is 28.1 Å². The van der Waals surface area contributed by atoms with Gasteiger partial charge in [-0.15, -0.1) is 0 Å². The Morgan fingerprint density at radius 3 is 1.91 bits per heavy atom. The number of ether oxygens (including phenoxy) is 5. The lowest BCUT2D eigenvalue weighted by Crippen LogP contribution is -2.76. The second kappa shape index (κ2) is 12.0. The van der Waals surface area contributed by atoms with Gasteiger partial charge in [0, 0.05) is 13.3 Å². The molecule has 1 aliphatic heterocycles. The molecular weight excluding hydrogens is 564 g/mol. The average Bonchev–Trinajstić information content (AvgIpc) is 3.19. The van der Waals surface area contributed by atoms with E-state index in [1.165, 1.54) is 6.92 Å². The Balaban J connectivity index is 1.71. The summed E-state index contributed by atoms with van der Waals surface area (Å²) in [7, 11) is 0. The molecule has 8 atom stereocenters. The summed E-state index contributed by atoms with van der Waals surface area (Å²) in [4.78, 5) is 53.2. The van der Waals surface area contributed by atoms with E-state index in [1.807, 2.05) is 40.7 Å². The first-order valence-corrected chi connectivity index (χ1v) is 15.5. The monoisotopic (exact) mass is 606 g/mol. The Hall–Kier alpha value is -3.72. The van der Waals surface area contributed by atoms with Crippen molar-refractivity contribution in [3.63, 3.8) is 0 Å². The quantitative estimate of drug-likeness (QED) is 0.276. The standard InChI is InChI=1S/C35H42O9/c1-7-14-26(37)42-28-27-29(40-22(3)36)35(44-33(27,4)5)21(2)19-20-25(41-31(38)23-15-10-8-11-16-23)34(35,6)30(28)43-32(39)24-17-12-9-13-18-24/h8-13,15-18,21,25,27-30H,7,14,19-20H2,1-6H3. The molecule has 2 bridgehead atoms. The molecule has 2 saturated carbocycles. The van der Waals surface area contributed by atoms with Gasteiger partial charge >= 0.3 is 23.9 Å². The summed E-state index contributed by atoms with van der Waals surface area (Å²) in [6.45, 7) is 10.8. The van der Waals surface area contributed by atoms with Crippen molar-refractivity contribution in [1.29, 1.82) is 0 Å². The van der Waals surface area contributed by atoms with Crippen LogP contribution < -0.4 is 0 Å². The molecule has 8 unspecified atom stereocenters. The van der Waals surface area contributed by atoms with Crippen molar-refractivity contribution < 1.29 is 42.9 Å². The van der Waals surface area contributed by atoms with Crippen LogP contribution in [0.3, 0.4) is 0 Å². The minimum Gasteiger partial charge on any atom is -0.459 e. The maximum absolute atomic E-state index is 13.8. The molecule has 0 radical (unpaired) electrons. The maximum atomic E-state index is 13.8. The highest BCUT2D eigenvalue weighted by Crippen LogP contribution is 2.68. The third-order valence-corrected chi connectivity index (χ3v) is 9.85. The van der Waals surface area contributed by atoms with Crippen LogP contribution in [0.5, 0.6) is 0 Å². The van der Waals surface area contributed by atoms with Gasteiger partial charge in [-0.3, -0.25) is 9.59 Å². The molecule has 5 rings (SSSR count). The predicted octanol–water partition coefficient (Wildman–Crippen LogP) is 5.69. The van der Waals surface area contributed by atoms with Crippen LogP contribution in [0.2, 0.25) is 0 Å². The van der Waals surface area contributed by atoms with Crippen molar-refractivity contribution in [1.82, 2.24) is 0 Å². The summed E-state index contributed by atoms with van der Waals surface area (Å²) in [6, 6.07) is 17.2. The van der Waals surface area contributed by atoms with Crippen LogP contribution in [0, 0.1) is 17.3 Å². The topological polar surface area (TPSA) is 114 Å². The van der Waals surface area contributed by atoms with Crippen LogP contribution in [0.4, 0.5) is 0 Å². The number of fused-ring (bicyclic) bond motifs is 1. The zero-order valence-electron chi connectivity index (χ0n) is 26.2. The Morgan fingerprint density at radius 1 is 0.795 bits per heavy atom. The smallest absolute Gasteiger partial charge is 0.338 e. The highest BCUT2D eigenvalue weighted by atomic mass is 16.6. The Kier molecular flexibility index (Phi) is 8.64. The second-order valence-corrected chi connectivity index (χ2v) is 13.0. The highest BCUT2D eigenvalue weighted by Gasteiger charge is 2.82. The molecule has 9 nitrogen and oxygen atoms in total. The maximum Gasteiger partial charge on any atom is 0.338 e. The molecule has 2 aliphatic carbocycles. The van der Waals surface area contributed by atoms with E-state index in [4.69, 9.17) is 23.7 Å². The lowest BCUT2D eigenvalue weighted by Gasteiger charge is -2.62. The molecule has 9 heteroatoms. The second-order valence-electron chi connectivity index (χ2n) is 13.0. The number of hydrogen-bond donors (Lipinski definition) is 0. The molecule has 3 fully saturated rings. The number of rotatable bonds is 8. The van der Waals surface area contributed by atoms with E-state index in [2.05, 4.69) is 0 Å². The van der Waals surface area contributed by atoms with Gasteiger partial charge in [-0.05, 0) is 70.2 Å². The Bertz CT molecular complexity index is 1390. The van der Waals surface area contributed by atoms with Gasteiger partial charge < -0.3 is 23.7 Å². The van der Waals surface area contributed by atoms with Gasteiger partial charge in [0.1, 0.15) is 23.9 Å². The van der Waals surface area contributed by atoms with Crippen LogP contribution in [-0.4, -0.2) is 59.5 Å². The lowest BCUT2D eigenvalue weighted by atomic mass is 9.48. The van der Waals surface area contributed by atoms with Crippen molar-refractivity contribution in [2.45, 2.75) is 103 Å². The first kappa shape index (κ1) is 31.7. The summed E-state index contributed by atoms with van der Waals surface area (Å²) in [5.41, 5.74) is -2.85. The number of esters is 4. The van der Waals surface area contributed by atoms with Crippen molar-refractivity contribution in [2.75, 3.05) is 0 Å².